The van der Waals surface area contributed by atoms with Crippen LogP contribution in [0.5, 0.6) is 17.2 Å². The first-order valence-corrected chi connectivity index (χ1v) is 7.92. The van der Waals surface area contributed by atoms with E-state index in [9.17, 15) is 9.90 Å². The third-order valence-corrected chi connectivity index (χ3v) is 3.79. The van der Waals surface area contributed by atoms with Crippen LogP contribution in [0.2, 0.25) is 0 Å². The number of halogens is 1. The number of amides is 1. The van der Waals surface area contributed by atoms with Gasteiger partial charge in [-0.05, 0) is 47.1 Å². The van der Waals surface area contributed by atoms with Gasteiger partial charge in [0.2, 0.25) is 0 Å². The van der Waals surface area contributed by atoms with Crippen LogP contribution in [0, 0.1) is 0 Å². The number of nitrogens with zero attached hydrogens (tertiary/aromatic N) is 1. The molecule has 2 rings (SSSR count). The maximum absolute atomic E-state index is 12.0. The summed E-state index contributed by atoms with van der Waals surface area (Å²) < 4.78 is 11.3. The number of ether oxygens (including phenoxy) is 2. The summed E-state index contributed by atoms with van der Waals surface area (Å²) in [4.78, 5) is 12.0. The van der Waals surface area contributed by atoms with E-state index in [1.54, 1.807) is 31.2 Å². The zero-order chi connectivity index (χ0) is 17.5. The third-order valence-electron chi connectivity index (χ3n) is 3.14. The molecule has 2 N–H and O–H groups in total. The van der Waals surface area contributed by atoms with Gasteiger partial charge in [0.15, 0.2) is 17.6 Å². The van der Waals surface area contributed by atoms with Crippen molar-refractivity contribution in [3.05, 3.63) is 52.5 Å². The smallest absolute Gasteiger partial charge is 0.280 e. The van der Waals surface area contributed by atoms with E-state index in [1.165, 1.54) is 13.3 Å². The lowest BCUT2D eigenvalue weighted by Crippen LogP contribution is -2.33. The quantitative estimate of drug-likeness (QED) is 0.584. The van der Waals surface area contributed by atoms with E-state index in [-0.39, 0.29) is 5.75 Å². The van der Waals surface area contributed by atoms with Crippen molar-refractivity contribution in [3.63, 3.8) is 0 Å². The molecular weight excluding hydrogens is 376 g/mol. The Labute approximate surface area is 148 Å². The molecular formula is C17H17BrN2O4. The minimum absolute atomic E-state index is 0.0458. The van der Waals surface area contributed by atoms with E-state index < -0.39 is 12.0 Å². The molecule has 0 spiro atoms. The second-order valence-corrected chi connectivity index (χ2v) is 5.68. The van der Waals surface area contributed by atoms with Crippen molar-refractivity contribution in [2.75, 3.05) is 7.11 Å². The predicted octanol–water partition coefficient (Wildman–Crippen LogP) is 3.08. The predicted molar refractivity (Wildman–Crippen MR) is 94.6 cm³/mol. The Hall–Kier alpha value is -2.54. The number of benzene rings is 2. The molecule has 6 nitrogen and oxygen atoms in total. The normalized spacial score (nSPS) is 12.0. The van der Waals surface area contributed by atoms with E-state index in [4.69, 9.17) is 9.47 Å². The lowest BCUT2D eigenvalue weighted by Gasteiger charge is -2.14. The summed E-state index contributed by atoms with van der Waals surface area (Å²) in [5.74, 6) is 0.436. The van der Waals surface area contributed by atoms with Crippen LogP contribution in [0.1, 0.15) is 12.5 Å². The van der Waals surface area contributed by atoms with Gasteiger partial charge >= 0.3 is 0 Å². The summed E-state index contributed by atoms with van der Waals surface area (Å²) in [5, 5.41) is 13.8. The second-order valence-electron chi connectivity index (χ2n) is 4.82. The molecule has 0 bridgehead atoms. The zero-order valence-corrected chi connectivity index (χ0v) is 14.8. The standard InChI is InChI=1S/C17H17BrN2O4/c1-11(24-14-8-4-3-7-13(14)18)17(22)20-19-10-12-6-5-9-15(23-2)16(12)21/h3-11,21H,1-2H3,(H,20,22)/b19-10+. The van der Waals surface area contributed by atoms with E-state index in [2.05, 4.69) is 26.5 Å². The Balaban J connectivity index is 1.96. The lowest BCUT2D eigenvalue weighted by molar-refractivity contribution is -0.127. The molecule has 0 aliphatic heterocycles. The number of rotatable bonds is 6. The van der Waals surface area contributed by atoms with Crippen LogP contribution >= 0.6 is 15.9 Å². The Bertz CT molecular complexity index is 749. The summed E-state index contributed by atoms with van der Waals surface area (Å²) in [7, 11) is 1.46. The van der Waals surface area contributed by atoms with Gasteiger partial charge in [0, 0.05) is 5.56 Å². The van der Waals surface area contributed by atoms with Crippen molar-refractivity contribution >= 4 is 28.1 Å². The SMILES string of the molecule is COc1cccc(/C=N/NC(=O)C(C)Oc2ccccc2Br)c1O. The molecule has 24 heavy (non-hydrogen) atoms. The fourth-order valence-electron chi connectivity index (χ4n) is 1.85. The van der Waals surface area contributed by atoms with Gasteiger partial charge < -0.3 is 14.6 Å². The molecule has 0 heterocycles. The summed E-state index contributed by atoms with van der Waals surface area (Å²) >= 11 is 3.35. The molecule has 1 unspecified atom stereocenters. The van der Waals surface area contributed by atoms with Crippen LogP contribution in [0.4, 0.5) is 0 Å². The van der Waals surface area contributed by atoms with Crippen LogP contribution in [-0.4, -0.2) is 30.4 Å². The zero-order valence-electron chi connectivity index (χ0n) is 13.2. The average Bonchev–Trinajstić information content (AvgIpc) is 2.58. The molecule has 2 aromatic rings. The topological polar surface area (TPSA) is 80.2 Å². The van der Waals surface area contributed by atoms with E-state index in [0.717, 1.165) is 4.47 Å². The number of phenols is 1. The number of phenolic OH excluding ortho intramolecular Hbond substituents is 1. The van der Waals surface area contributed by atoms with Crippen molar-refractivity contribution in [1.29, 1.82) is 0 Å². The number of carbonyl (C=O) groups excluding carboxylic acids is 1. The summed E-state index contributed by atoms with van der Waals surface area (Å²) in [6.45, 7) is 1.62. The maximum Gasteiger partial charge on any atom is 0.280 e. The van der Waals surface area contributed by atoms with Crippen molar-refractivity contribution in [2.45, 2.75) is 13.0 Å². The highest BCUT2D eigenvalue weighted by molar-refractivity contribution is 9.10. The Morgan fingerprint density at radius 2 is 1.96 bits per heavy atom. The van der Waals surface area contributed by atoms with Gasteiger partial charge in [-0.1, -0.05) is 18.2 Å². The van der Waals surface area contributed by atoms with Gasteiger partial charge in [0.05, 0.1) is 17.8 Å². The molecule has 1 amide bonds. The average molecular weight is 393 g/mol. The number of aromatic hydroxyl groups is 1. The number of para-hydroxylation sites is 2. The highest BCUT2D eigenvalue weighted by Gasteiger charge is 2.15. The summed E-state index contributed by atoms with van der Waals surface area (Å²) in [5.41, 5.74) is 2.80. The first kappa shape index (κ1) is 17.8. The van der Waals surface area contributed by atoms with Gasteiger partial charge in [-0.2, -0.15) is 5.10 Å². The van der Waals surface area contributed by atoms with E-state index in [0.29, 0.717) is 17.1 Å². The number of carbonyl (C=O) groups is 1. The van der Waals surface area contributed by atoms with Gasteiger partial charge in [-0.15, -0.1) is 0 Å². The molecule has 2 aromatic carbocycles. The van der Waals surface area contributed by atoms with Crippen molar-refractivity contribution in [2.24, 2.45) is 5.10 Å². The number of hydrogen-bond donors (Lipinski definition) is 2. The van der Waals surface area contributed by atoms with Crippen molar-refractivity contribution in [1.82, 2.24) is 5.43 Å². The molecule has 0 fully saturated rings. The molecule has 0 aliphatic rings. The molecule has 0 radical (unpaired) electrons. The summed E-state index contributed by atoms with van der Waals surface area (Å²) in [6, 6.07) is 12.2. The van der Waals surface area contributed by atoms with Crippen LogP contribution in [0.3, 0.4) is 0 Å². The molecule has 126 valence electrons. The van der Waals surface area contributed by atoms with E-state index >= 15 is 0 Å². The highest BCUT2D eigenvalue weighted by atomic mass is 79.9. The third kappa shape index (κ3) is 4.48. The number of hydrogen-bond acceptors (Lipinski definition) is 5. The Morgan fingerprint density at radius 1 is 1.25 bits per heavy atom. The largest absolute Gasteiger partial charge is 0.504 e. The van der Waals surface area contributed by atoms with Gasteiger partial charge in [-0.25, -0.2) is 5.43 Å². The molecule has 0 aliphatic carbocycles. The number of nitrogens with one attached hydrogen (secondary N) is 1. The van der Waals surface area contributed by atoms with Crippen molar-refractivity contribution < 1.29 is 19.4 Å². The molecule has 0 saturated carbocycles. The van der Waals surface area contributed by atoms with Gasteiger partial charge in [-0.3, -0.25) is 4.79 Å². The Kier molecular flexibility index (Phi) is 6.20. The van der Waals surface area contributed by atoms with E-state index in [1.807, 2.05) is 18.2 Å². The number of methoxy groups -OCH3 is 1. The lowest BCUT2D eigenvalue weighted by atomic mass is 10.2. The highest BCUT2D eigenvalue weighted by Crippen LogP contribution is 2.28. The van der Waals surface area contributed by atoms with Crippen LogP contribution < -0.4 is 14.9 Å². The van der Waals surface area contributed by atoms with Crippen molar-refractivity contribution in [3.8, 4) is 17.2 Å². The maximum atomic E-state index is 12.0. The van der Waals surface area contributed by atoms with Gasteiger partial charge in [0.25, 0.3) is 5.91 Å². The van der Waals surface area contributed by atoms with Gasteiger partial charge in [0.1, 0.15) is 5.75 Å². The molecule has 0 saturated heterocycles. The van der Waals surface area contributed by atoms with Crippen LogP contribution in [-0.2, 0) is 4.79 Å². The molecule has 0 aromatic heterocycles. The fourth-order valence-corrected chi connectivity index (χ4v) is 2.23. The Morgan fingerprint density at radius 3 is 2.67 bits per heavy atom. The molecule has 1 atom stereocenters. The van der Waals surface area contributed by atoms with Crippen LogP contribution in [0.15, 0.2) is 52.0 Å². The fraction of sp³-hybridized carbons (Fsp3) is 0.176. The summed E-state index contributed by atoms with van der Waals surface area (Å²) in [6.07, 6.45) is 0.598. The van der Waals surface area contributed by atoms with Crippen LogP contribution in [0.25, 0.3) is 0 Å². The number of hydrazone groups is 1. The minimum Gasteiger partial charge on any atom is -0.504 e. The first-order valence-electron chi connectivity index (χ1n) is 7.13. The first-order chi connectivity index (χ1) is 11.5. The monoisotopic (exact) mass is 392 g/mol. The second kappa shape index (κ2) is 8.35. The minimum atomic E-state index is -0.736. The molecule has 7 heteroatoms.